The van der Waals surface area contributed by atoms with Crippen molar-refractivity contribution >= 4 is 11.6 Å². The molecule has 0 aliphatic carbocycles. The number of aromatic nitrogens is 2. The van der Waals surface area contributed by atoms with Crippen LogP contribution in [-0.2, 0) is 0 Å². The fraction of sp³-hybridized carbons (Fsp3) is 0.400. The van der Waals surface area contributed by atoms with E-state index in [1.54, 1.807) is 0 Å². The van der Waals surface area contributed by atoms with Crippen molar-refractivity contribution in [3.05, 3.63) is 47.0 Å². The Kier molecular flexibility index (Phi) is 3.58. The summed E-state index contributed by atoms with van der Waals surface area (Å²) in [6.45, 7) is 3.18. The first-order chi connectivity index (χ1) is 9.25. The average Bonchev–Trinajstić information content (AvgIpc) is 2.89. The van der Waals surface area contributed by atoms with Crippen molar-refractivity contribution in [1.82, 2.24) is 14.9 Å². The second-order valence-corrected chi connectivity index (χ2v) is 5.56. The summed E-state index contributed by atoms with van der Waals surface area (Å²) in [5, 5.41) is 4.35. The standard InChI is InChI=1S/C15H18ClN3/c1-11-8-12(16)5-6-14(11)19-10-17-9-15(19)13-4-2-3-7-18-13/h5-6,8-10,13,18H,2-4,7H2,1H3. The van der Waals surface area contributed by atoms with Crippen LogP contribution in [0.3, 0.4) is 0 Å². The first kappa shape index (κ1) is 12.7. The molecule has 0 amide bonds. The minimum Gasteiger partial charge on any atom is -0.309 e. The number of benzene rings is 1. The summed E-state index contributed by atoms with van der Waals surface area (Å²) in [7, 11) is 0. The zero-order valence-electron chi connectivity index (χ0n) is 11.1. The summed E-state index contributed by atoms with van der Waals surface area (Å²) in [6.07, 6.45) is 7.59. The van der Waals surface area contributed by atoms with Gasteiger partial charge in [0, 0.05) is 16.8 Å². The SMILES string of the molecule is Cc1cc(Cl)ccc1-n1cncc1C1CCCCN1. The van der Waals surface area contributed by atoms with Crippen LogP contribution >= 0.6 is 11.6 Å². The van der Waals surface area contributed by atoms with Crippen LogP contribution in [0.2, 0.25) is 5.02 Å². The highest BCUT2D eigenvalue weighted by Gasteiger charge is 2.19. The molecule has 1 aromatic heterocycles. The molecular formula is C15H18ClN3. The van der Waals surface area contributed by atoms with Gasteiger partial charge in [0.05, 0.1) is 18.2 Å². The van der Waals surface area contributed by atoms with Gasteiger partial charge in [-0.05, 0) is 50.1 Å². The van der Waals surface area contributed by atoms with Gasteiger partial charge in [0.15, 0.2) is 0 Å². The minimum atomic E-state index is 0.409. The largest absolute Gasteiger partial charge is 0.309 e. The summed E-state index contributed by atoms with van der Waals surface area (Å²) in [4.78, 5) is 4.33. The van der Waals surface area contributed by atoms with E-state index < -0.39 is 0 Å². The summed E-state index contributed by atoms with van der Waals surface area (Å²) in [6, 6.07) is 6.40. The van der Waals surface area contributed by atoms with Crippen LogP contribution < -0.4 is 5.32 Å². The van der Waals surface area contributed by atoms with E-state index in [9.17, 15) is 0 Å². The zero-order valence-corrected chi connectivity index (χ0v) is 11.8. The number of hydrogen-bond acceptors (Lipinski definition) is 2. The van der Waals surface area contributed by atoms with Gasteiger partial charge >= 0.3 is 0 Å². The Balaban J connectivity index is 1.99. The molecular weight excluding hydrogens is 258 g/mol. The third kappa shape index (κ3) is 2.53. The highest BCUT2D eigenvalue weighted by Crippen LogP contribution is 2.27. The number of piperidine rings is 1. The topological polar surface area (TPSA) is 29.9 Å². The molecule has 2 heterocycles. The molecule has 1 N–H and O–H groups in total. The number of rotatable bonds is 2. The van der Waals surface area contributed by atoms with Crippen molar-refractivity contribution in [2.45, 2.75) is 32.2 Å². The number of halogens is 1. The van der Waals surface area contributed by atoms with Crippen LogP contribution in [0.5, 0.6) is 0 Å². The average molecular weight is 276 g/mol. The van der Waals surface area contributed by atoms with E-state index in [0.29, 0.717) is 6.04 Å². The maximum atomic E-state index is 6.03. The lowest BCUT2D eigenvalue weighted by Crippen LogP contribution is -2.28. The number of hydrogen-bond donors (Lipinski definition) is 1. The molecule has 1 fully saturated rings. The molecule has 3 nitrogen and oxygen atoms in total. The van der Waals surface area contributed by atoms with Crippen LogP contribution in [-0.4, -0.2) is 16.1 Å². The minimum absolute atomic E-state index is 0.409. The van der Waals surface area contributed by atoms with E-state index in [1.165, 1.54) is 30.5 Å². The van der Waals surface area contributed by atoms with Gasteiger partial charge in [-0.3, -0.25) is 0 Å². The van der Waals surface area contributed by atoms with E-state index in [2.05, 4.69) is 27.9 Å². The monoisotopic (exact) mass is 275 g/mol. The van der Waals surface area contributed by atoms with Crippen LogP contribution in [0, 0.1) is 6.92 Å². The molecule has 1 unspecified atom stereocenters. The highest BCUT2D eigenvalue weighted by molar-refractivity contribution is 6.30. The third-order valence-electron chi connectivity index (χ3n) is 3.75. The Morgan fingerprint density at radius 3 is 3.00 bits per heavy atom. The van der Waals surface area contributed by atoms with Crippen LogP contribution in [0.15, 0.2) is 30.7 Å². The smallest absolute Gasteiger partial charge is 0.0994 e. The Bertz CT molecular complexity index is 571. The molecule has 1 aliphatic heterocycles. The van der Waals surface area contributed by atoms with E-state index in [4.69, 9.17) is 11.6 Å². The number of nitrogens with zero attached hydrogens (tertiary/aromatic N) is 2. The number of aryl methyl sites for hydroxylation is 1. The van der Waals surface area contributed by atoms with E-state index in [-0.39, 0.29) is 0 Å². The van der Waals surface area contributed by atoms with Gasteiger partial charge < -0.3 is 9.88 Å². The molecule has 0 saturated carbocycles. The van der Waals surface area contributed by atoms with E-state index >= 15 is 0 Å². The van der Waals surface area contributed by atoms with Gasteiger partial charge in [0.25, 0.3) is 0 Å². The first-order valence-electron chi connectivity index (χ1n) is 6.78. The fourth-order valence-corrected chi connectivity index (χ4v) is 2.98. The second kappa shape index (κ2) is 5.35. The van der Waals surface area contributed by atoms with Crippen molar-refractivity contribution in [1.29, 1.82) is 0 Å². The predicted molar refractivity (Wildman–Crippen MR) is 77.9 cm³/mol. The Morgan fingerprint density at radius 1 is 1.37 bits per heavy atom. The molecule has 0 radical (unpaired) electrons. The zero-order chi connectivity index (χ0) is 13.2. The quantitative estimate of drug-likeness (QED) is 0.907. The van der Waals surface area contributed by atoms with E-state index in [0.717, 1.165) is 17.3 Å². The van der Waals surface area contributed by atoms with Gasteiger partial charge in [0.1, 0.15) is 0 Å². The molecule has 1 atom stereocenters. The summed E-state index contributed by atoms with van der Waals surface area (Å²) in [5.74, 6) is 0. The van der Waals surface area contributed by atoms with Crippen molar-refractivity contribution < 1.29 is 0 Å². The Labute approximate surface area is 118 Å². The van der Waals surface area contributed by atoms with Gasteiger partial charge in [-0.15, -0.1) is 0 Å². The third-order valence-corrected chi connectivity index (χ3v) is 3.99. The lowest BCUT2D eigenvalue weighted by molar-refractivity contribution is 0.402. The molecule has 100 valence electrons. The van der Waals surface area contributed by atoms with Crippen LogP contribution in [0.4, 0.5) is 0 Å². The molecule has 4 heteroatoms. The molecule has 0 spiro atoms. The molecule has 1 aromatic carbocycles. The Hall–Kier alpha value is -1.32. The van der Waals surface area contributed by atoms with Crippen molar-refractivity contribution in [3.63, 3.8) is 0 Å². The Morgan fingerprint density at radius 2 is 2.26 bits per heavy atom. The summed E-state index contributed by atoms with van der Waals surface area (Å²) in [5.41, 5.74) is 3.57. The van der Waals surface area contributed by atoms with Gasteiger partial charge in [-0.2, -0.15) is 0 Å². The maximum absolute atomic E-state index is 6.03. The van der Waals surface area contributed by atoms with Crippen LogP contribution in [0.25, 0.3) is 5.69 Å². The normalized spacial score (nSPS) is 19.6. The molecule has 1 saturated heterocycles. The first-order valence-corrected chi connectivity index (χ1v) is 7.15. The highest BCUT2D eigenvalue weighted by atomic mass is 35.5. The number of nitrogens with one attached hydrogen (secondary N) is 1. The van der Waals surface area contributed by atoms with Crippen molar-refractivity contribution in [2.24, 2.45) is 0 Å². The lowest BCUT2D eigenvalue weighted by atomic mass is 10.0. The fourth-order valence-electron chi connectivity index (χ4n) is 2.76. The lowest BCUT2D eigenvalue weighted by Gasteiger charge is -2.24. The summed E-state index contributed by atoms with van der Waals surface area (Å²) >= 11 is 6.03. The molecule has 1 aliphatic rings. The number of imidazole rings is 1. The molecule has 2 aromatic rings. The van der Waals surface area contributed by atoms with Gasteiger partial charge in [0.2, 0.25) is 0 Å². The molecule has 0 bridgehead atoms. The van der Waals surface area contributed by atoms with Gasteiger partial charge in [-0.1, -0.05) is 18.0 Å². The predicted octanol–water partition coefficient (Wildman–Crippen LogP) is 3.65. The van der Waals surface area contributed by atoms with E-state index in [1.807, 2.05) is 24.7 Å². The van der Waals surface area contributed by atoms with Crippen molar-refractivity contribution in [3.8, 4) is 5.69 Å². The molecule has 19 heavy (non-hydrogen) atoms. The van der Waals surface area contributed by atoms with Crippen molar-refractivity contribution in [2.75, 3.05) is 6.54 Å². The maximum Gasteiger partial charge on any atom is 0.0994 e. The molecule has 3 rings (SSSR count). The second-order valence-electron chi connectivity index (χ2n) is 5.12. The van der Waals surface area contributed by atoms with Crippen LogP contribution in [0.1, 0.15) is 36.6 Å². The summed E-state index contributed by atoms with van der Waals surface area (Å²) < 4.78 is 2.18. The van der Waals surface area contributed by atoms with Gasteiger partial charge in [-0.25, -0.2) is 4.98 Å².